The van der Waals surface area contributed by atoms with E-state index in [0.29, 0.717) is 23.4 Å². The number of nitriles is 1. The van der Waals surface area contributed by atoms with Crippen molar-refractivity contribution >= 4 is 23.1 Å². The van der Waals surface area contributed by atoms with Crippen molar-refractivity contribution < 1.29 is 4.79 Å². The number of hydrogen-bond acceptors (Lipinski definition) is 5. The van der Waals surface area contributed by atoms with Crippen LogP contribution in [0.3, 0.4) is 0 Å². The summed E-state index contributed by atoms with van der Waals surface area (Å²) < 4.78 is 0. The van der Waals surface area contributed by atoms with Crippen LogP contribution < -0.4 is 16.5 Å². The Morgan fingerprint density at radius 2 is 2.25 bits per heavy atom. The maximum absolute atomic E-state index is 11.8. The number of carbonyl (C=O) groups excluding carboxylic acids is 1. The molecule has 0 aliphatic heterocycles. The third-order valence-electron chi connectivity index (χ3n) is 2.56. The van der Waals surface area contributed by atoms with Crippen molar-refractivity contribution in [1.82, 2.24) is 5.32 Å². The molecule has 0 unspecified atom stereocenters. The Balaban J connectivity index is 3.04. The average molecular weight is 272 g/mol. The molecule has 0 atom stereocenters. The molecule has 0 saturated heterocycles. The SMILES string of the molecule is CCNC(=O)c1cccc(N/N=C(\C#N)C(=N)N)c1C. The molecule has 0 aliphatic rings. The number of benzene rings is 1. The van der Waals surface area contributed by atoms with E-state index in [1.165, 1.54) is 0 Å². The fraction of sp³-hybridized carbons (Fsp3) is 0.231. The number of anilines is 1. The zero-order valence-electron chi connectivity index (χ0n) is 11.3. The molecule has 0 heterocycles. The second-order valence-electron chi connectivity index (χ2n) is 3.94. The van der Waals surface area contributed by atoms with Gasteiger partial charge in [-0.15, -0.1) is 0 Å². The second-order valence-corrected chi connectivity index (χ2v) is 3.94. The molecule has 7 nitrogen and oxygen atoms in total. The highest BCUT2D eigenvalue weighted by Crippen LogP contribution is 2.18. The number of hydrogen-bond donors (Lipinski definition) is 4. The molecule has 0 radical (unpaired) electrons. The molecule has 7 heteroatoms. The van der Waals surface area contributed by atoms with Gasteiger partial charge in [-0.1, -0.05) is 6.07 Å². The lowest BCUT2D eigenvalue weighted by Gasteiger charge is -2.10. The quantitative estimate of drug-likeness (QED) is 0.362. The fourth-order valence-electron chi connectivity index (χ4n) is 1.52. The number of nitrogens with two attached hydrogens (primary N) is 1. The number of rotatable bonds is 5. The van der Waals surface area contributed by atoms with Crippen molar-refractivity contribution in [1.29, 1.82) is 10.7 Å². The summed E-state index contributed by atoms with van der Waals surface area (Å²) in [6.45, 7) is 4.14. The van der Waals surface area contributed by atoms with Crippen molar-refractivity contribution in [3.8, 4) is 6.07 Å². The number of nitrogens with zero attached hydrogens (tertiary/aromatic N) is 2. The summed E-state index contributed by atoms with van der Waals surface area (Å²) in [6, 6.07) is 6.83. The summed E-state index contributed by atoms with van der Waals surface area (Å²) in [5.74, 6) is -0.595. The summed E-state index contributed by atoms with van der Waals surface area (Å²) in [6.07, 6.45) is 0. The molecule has 0 aromatic heterocycles. The summed E-state index contributed by atoms with van der Waals surface area (Å²) in [4.78, 5) is 11.8. The number of nitrogens with one attached hydrogen (secondary N) is 3. The highest BCUT2D eigenvalue weighted by atomic mass is 16.1. The first-order valence-corrected chi connectivity index (χ1v) is 5.97. The van der Waals surface area contributed by atoms with Crippen LogP contribution in [0.4, 0.5) is 5.69 Å². The summed E-state index contributed by atoms with van der Waals surface area (Å²) >= 11 is 0. The van der Waals surface area contributed by atoms with Gasteiger partial charge in [0.15, 0.2) is 5.84 Å². The Hall–Kier alpha value is -2.88. The molecular formula is C13H16N6O. The van der Waals surface area contributed by atoms with Crippen LogP contribution in [0.5, 0.6) is 0 Å². The molecule has 0 bridgehead atoms. The monoisotopic (exact) mass is 272 g/mol. The highest BCUT2D eigenvalue weighted by molar-refractivity contribution is 6.45. The average Bonchev–Trinajstić information content (AvgIpc) is 2.41. The van der Waals surface area contributed by atoms with Gasteiger partial charge >= 0.3 is 0 Å². The van der Waals surface area contributed by atoms with Crippen LogP contribution in [0, 0.1) is 23.7 Å². The van der Waals surface area contributed by atoms with E-state index in [0.717, 1.165) is 0 Å². The van der Waals surface area contributed by atoms with Crippen LogP contribution in [0.15, 0.2) is 23.3 Å². The molecule has 1 amide bonds. The Bertz CT molecular complexity index is 599. The predicted molar refractivity (Wildman–Crippen MR) is 77.8 cm³/mol. The predicted octanol–water partition coefficient (Wildman–Crippen LogP) is 0.972. The lowest BCUT2D eigenvalue weighted by atomic mass is 10.1. The first-order chi connectivity index (χ1) is 9.51. The molecule has 1 aromatic carbocycles. The maximum Gasteiger partial charge on any atom is 0.251 e. The molecule has 0 saturated carbocycles. The molecule has 5 N–H and O–H groups in total. The maximum atomic E-state index is 11.8. The molecular weight excluding hydrogens is 256 g/mol. The molecule has 0 fully saturated rings. The topological polar surface area (TPSA) is 127 Å². The van der Waals surface area contributed by atoms with Gasteiger partial charge in [0.05, 0.1) is 5.69 Å². The summed E-state index contributed by atoms with van der Waals surface area (Å²) in [5, 5.41) is 22.4. The minimum Gasteiger partial charge on any atom is -0.382 e. The first-order valence-electron chi connectivity index (χ1n) is 5.97. The highest BCUT2D eigenvalue weighted by Gasteiger charge is 2.10. The van der Waals surface area contributed by atoms with Gasteiger partial charge in [0.25, 0.3) is 5.91 Å². The van der Waals surface area contributed by atoms with Crippen LogP contribution in [0.2, 0.25) is 0 Å². The van der Waals surface area contributed by atoms with Gasteiger partial charge in [-0.2, -0.15) is 10.4 Å². The van der Waals surface area contributed by atoms with Gasteiger partial charge in [-0.25, -0.2) is 0 Å². The summed E-state index contributed by atoms with van der Waals surface area (Å²) in [5.41, 5.74) is 9.42. The van der Waals surface area contributed by atoms with Crippen molar-refractivity contribution in [3.05, 3.63) is 29.3 Å². The molecule has 104 valence electrons. The zero-order chi connectivity index (χ0) is 15.1. The van der Waals surface area contributed by atoms with E-state index in [9.17, 15) is 4.79 Å². The number of amidine groups is 1. The zero-order valence-corrected chi connectivity index (χ0v) is 11.3. The fourth-order valence-corrected chi connectivity index (χ4v) is 1.52. The van der Waals surface area contributed by atoms with Gasteiger partial charge in [0.1, 0.15) is 6.07 Å². The third-order valence-corrected chi connectivity index (χ3v) is 2.56. The molecule has 20 heavy (non-hydrogen) atoms. The van der Waals surface area contributed by atoms with Crippen molar-refractivity contribution in [2.75, 3.05) is 12.0 Å². The van der Waals surface area contributed by atoms with Crippen molar-refractivity contribution in [2.24, 2.45) is 10.8 Å². The van der Waals surface area contributed by atoms with Crippen LogP contribution in [0.1, 0.15) is 22.8 Å². The third kappa shape index (κ3) is 3.55. The van der Waals surface area contributed by atoms with E-state index in [-0.39, 0.29) is 11.6 Å². The van der Waals surface area contributed by atoms with Crippen LogP contribution in [0.25, 0.3) is 0 Å². The Morgan fingerprint density at radius 3 is 2.80 bits per heavy atom. The van der Waals surface area contributed by atoms with Crippen LogP contribution in [-0.2, 0) is 0 Å². The van der Waals surface area contributed by atoms with E-state index in [1.54, 1.807) is 31.2 Å². The normalized spacial score (nSPS) is 10.6. The van der Waals surface area contributed by atoms with Gasteiger partial charge in [0.2, 0.25) is 5.71 Å². The van der Waals surface area contributed by atoms with E-state index in [1.807, 2.05) is 6.92 Å². The first kappa shape index (κ1) is 15.2. The van der Waals surface area contributed by atoms with Gasteiger partial charge in [-0.3, -0.25) is 15.6 Å². The Labute approximate surface area is 117 Å². The lowest BCUT2D eigenvalue weighted by Crippen LogP contribution is -2.24. The van der Waals surface area contributed by atoms with Gasteiger partial charge in [0, 0.05) is 12.1 Å². The second kappa shape index (κ2) is 6.89. The number of hydrazone groups is 1. The summed E-state index contributed by atoms with van der Waals surface area (Å²) in [7, 11) is 0. The van der Waals surface area contributed by atoms with Gasteiger partial charge < -0.3 is 11.1 Å². The minimum atomic E-state index is -0.419. The van der Waals surface area contributed by atoms with Crippen LogP contribution in [-0.4, -0.2) is 24.0 Å². The van der Waals surface area contributed by atoms with Crippen LogP contribution >= 0.6 is 0 Å². The Morgan fingerprint density at radius 1 is 1.55 bits per heavy atom. The largest absolute Gasteiger partial charge is 0.382 e. The molecule has 0 spiro atoms. The standard InChI is InChI=1S/C13H16N6O/c1-3-17-13(20)9-5-4-6-10(8(9)2)18-19-11(7-14)12(15)16/h4-6,18H,3H2,1-2H3,(H3,15,16)(H,17,20)/b19-11+. The van der Waals surface area contributed by atoms with E-state index in [2.05, 4.69) is 15.8 Å². The van der Waals surface area contributed by atoms with Crippen molar-refractivity contribution in [3.63, 3.8) is 0 Å². The smallest absolute Gasteiger partial charge is 0.251 e. The minimum absolute atomic E-state index is 0.176. The lowest BCUT2D eigenvalue weighted by molar-refractivity contribution is 0.0955. The molecule has 1 rings (SSSR count). The van der Waals surface area contributed by atoms with Gasteiger partial charge in [-0.05, 0) is 31.5 Å². The number of carbonyl (C=O) groups is 1. The van der Waals surface area contributed by atoms with E-state index >= 15 is 0 Å². The van der Waals surface area contributed by atoms with Crippen molar-refractivity contribution in [2.45, 2.75) is 13.8 Å². The Kier molecular flexibility index (Phi) is 5.23. The molecule has 1 aromatic rings. The number of amides is 1. The van der Waals surface area contributed by atoms with E-state index in [4.69, 9.17) is 16.4 Å². The van der Waals surface area contributed by atoms with E-state index < -0.39 is 5.84 Å². The molecule has 0 aliphatic carbocycles.